The lowest BCUT2D eigenvalue weighted by molar-refractivity contribution is 0.396. The van der Waals surface area contributed by atoms with Crippen LogP contribution in [0.1, 0.15) is 22.7 Å². The lowest BCUT2D eigenvalue weighted by atomic mass is 10.2. The topological polar surface area (TPSA) is 49.8 Å². The van der Waals surface area contributed by atoms with Crippen molar-refractivity contribution in [1.82, 2.24) is 15.2 Å². The third kappa shape index (κ3) is 5.23. The van der Waals surface area contributed by atoms with Gasteiger partial charge in [-0.15, -0.1) is 11.3 Å². The molecule has 1 heterocycles. The number of aliphatic imine (C=N–C) groups is 1. The SMILES string of the molecule is CN=C(NCCCc1nc(C)cs1)N(C)Cc1ccccc1OC. The second-order valence-electron chi connectivity index (χ2n) is 5.63. The second kappa shape index (κ2) is 9.27. The van der Waals surface area contributed by atoms with Crippen LogP contribution in [0.5, 0.6) is 5.75 Å². The van der Waals surface area contributed by atoms with Crippen LogP contribution in [0.3, 0.4) is 0 Å². The molecule has 0 amide bonds. The highest BCUT2D eigenvalue weighted by molar-refractivity contribution is 7.09. The van der Waals surface area contributed by atoms with Crippen molar-refractivity contribution in [3.05, 3.63) is 45.9 Å². The zero-order valence-corrected chi connectivity index (χ0v) is 15.7. The van der Waals surface area contributed by atoms with E-state index in [1.54, 1.807) is 18.4 Å². The number of nitrogens with zero attached hydrogens (tertiary/aromatic N) is 3. The molecule has 2 rings (SSSR count). The fraction of sp³-hybridized carbons (Fsp3) is 0.444. The third-order valence-electron chi connectivity index (χ3n) is 3.69. The molecule has 1 aromatic heterocycles. The summed E-state index contributed by atoms with van der Waals surface area (Å²) in [5, 5.41) is 6.72. The van der Waals surface area contributed by atoms with Crippen LogP contribution in [-0.4, -0.2) is 43.6 Å². The Bertz CT molecular complexity index is 669. The van der Waals surface area contributed by atoms with Gasteiger partial charge in [-0.1, -0.05) is 18.2 Å². The van der Waals surface area contributed by atoms with E-state index < -0.39 is 0 Å². The number of rotatable bonds is 7. The van der Waals surface area contributed by atoms with Gasteiger partial charge in [0.2, 0.25) is 0 Å². The molecule has 1 aromatic carbocycles. The minimum Gasteiger partial charge on any atom is -0.496 e. The molecule has 2 aromatic rings. The zero-order valence-electron chi connectivity index (χ0n) is 14.9. The summed E-state index contributed by atoms with van der Waals surface area (Å²) in [5.41, 5.74) is 2.25. The van der Waals surface area contributed by atoms with Crippen molar-refractivity contribution in [2.45, 2.75) is 26.3 Å². The monoisotopic (exact) mass is 346 g/mol. The summed E-state index contributed by atoms with van der Waals surface area (Å²) in [7, 11) is 5.55. The number of methoxy groups -OCH3 is 1. The van der Waals surface area contributed by atoms with Crippen molar-refractivity contribution >= 4 is 17.3 Å². The summed E-state index contributed by atoms with van der Waals surface area (Å²) < 4.78 is 5.42. The molecule has 0 saturated heterocycles. The van der Waals surface area contributed by atoms with Crippen molar-refractivity contribution in [2.24, 2.45) is 4.99 Å². The van der Waals surface area contributed by atoms with Crippen molar-refractivity contribution in [3.63, 3.8) is 0 Å². The molecular formula is C18H26N4OS. The summed E-state index contributed by atoms with van der Waals surface area (Å²) in [4.78, 5) is 11.0. The first-order valence-corrected chi connectivity index (χ1v) is 8.96. The maximum absolute atomic E-state index is 5.42. The molecule has 0 aliphatic rings. The van der Waals surface area contributed by atoms with Gasteiger partial charge in [-0.05, 0) is 19.4 Å². The molecule has 0 aliphatic heterocycles. The Morgan fingerprint density at radius 1 is 1.38 bits per heavy atom. The number of ether oxygens (including phenoxy) is 1. The van der Waals surface area contributed by atoms with E-state index >= 15 is 0 Å². The number of hydrogen-bond acceptors (Lipinski definition) is 4. The van der Waals surface area contributed by atoms with E-state index in [2.05, 4.69) is 31.6 Å². The van der Waals surface area contributed by atoms with Gasteiger partial charge in [-0.3, -0.25) is 4.99 Å². The maximum Gasteiger partial charge on any atom is 0.193 e. The number of benzene rings is 1. The third-order valence-corrected chi connectivity index (χ3v) is 4.72. The highest BCUT2D eigenvalue weighted by Crippen LogP contribution is 2.18. The van der Waals surface area contributed by atoms with Crippen molar-refractivity contribution in [1.29, 1.82) is 0 Å². The van der Waals surface area contributed by atoms with Crippen molar-refractivity contribution in [3.8, 4) is 5.75 Å². The fourth-order valence-electron chi connectivity index (χ4n) is 2.51. The Morgan fingerprint density at radius 3 is 2.83 bits per heavy atom. The number of nitrogens with one attached hydrogen (secondary N) is 1. The first-order chi connectivity index (χ1) is 11.6. The Morgan fingerprint density at radius 2 is 2.17 bits per heavy atom. The minimum absolute atomic E-state index is 0.745. The van der Waals surface area contributed by atoms with Gasteiger partial charge in [0.05, 0.1) is 12.1 Å². The van der Waals surface area contributed by atoms with Crippen LogP contribution in [0.25, 0.3) is 0 Å². The molecule has 0 saturated carbocycles. The van der Waals surface area contributed by atoms with Crippen molar-refractivity contribution in [2.75, 3.05) is 27.7 Å². The van der Waals surface area contributed by atoms with Gasteiger partial charge >= 0.3 is 0 Å². The Kier molecular flexibility index (Phi) is 7.06. The summed E-state index contributed by atoms with van der Waals surface area (Å²) in [5.74, 6) is 1.79. The van der Waals surface area contributed by atoms with Crippen LogP contribution >= 0.6 is 11.3 Å². The molecule has 0 spiro atoms. The first kappa shape index (κ1) is 18.3. The van der Waals surface area contributed by atoms with Gasteiger partial charge < -0.3 is 15.0 Å². The van der Waals surface area contributed by atoms with E-state index in [1.807, 2.05) is 39.2 Å². The second-order valence-corrected chi connectivity index (χ2v) is 6.57. The lowest BCUT2D eigenvalue weighted by Gasteiger charge is -2.23. The molecule has 6 heteroatoms. The number of thiazole rings is 1. The predicted molar refractivity (Wildman–Crippen MR) is 101 cm³/mol. The zero-order chi connectivity index (χ0) is 17.4. The molecule has 24 heavy (non-hydrogen) atoms. The van der Waals surface area contributed by atoms with Gasteiger partial charge in [-0.25, -0.2) is 4.98 Å². The molecule has 0 aliphatic carbocycles. The molecule has 130 valence electrons. The largest absolute Gasteiger partial charge is 0.496 e. The Hall–Kier alpha value is -2.08. The lowest BCUT2D eigenvalue weighted by Crippen LogP contribution is -2.39. The molecule has 0 unspecified atom stereocenters. The van der Waals surface area contributed by atoms with Crippen molar-refractivity contribution < 1.29 is 4.74 Å². The summed E-state index contributed by atoms with van der Waals surface area (Å²) in [6.45, 7) is 3.66. The number of aryl methyl sites for hydroxylation is 2. The van der Waals surface area contributed by atoms with Crippen LogP contribution in [0.15, 0.2) is 34.6 Å². The highest BCUT2D eigenvalue weighted by Gasteiger charge is 2.09. The van der Waals surface area contributed by atoms with E-state index in [0.717, 1.165) is 48.9 Å². The number of guanidine groups is 1. The number of hydrogen-bond donors (Lipinski definition) is 1. The van der Waals surface area contributed by atoms with Crippen LogP contribution in [0.4, 0.5) is 0 Å². The van der Waals surface area contributed by atoms with E-state index in [-0.39, 0.29) is 0 Å². The highest BCUT2D eigenvalue weighted by atomic mass is 32.1. The van der Waals surface area contributed by atoms with E-state index in [4.69, 9.17) is 4.74 Å². The molecule has 0 atom stereocenters. The average Bonchev–Trinajstić information content (AvgIpc) is 3.00. The molecule has 0 bridgehead atoms. The molecule has 0 fully saturated rings. The van der Waals surface area contributed by atoms with E-state index in [0.29, 0.717) is 0 Å². The predicted octanol–water partition coefficient (Wildman–Crippen LogP) is 3.10. The van der Waals surface area contributed by atoms with Crippen LogP contribution in [-0.2, 0) is 13.0 Å². The number of para-hydroxylation sites is 1. The quantitative estimate of drug-likeness (QED) is 0.475. The van der Waals surface area contributed by atoms with Crippen LogP contribution in [0, 0.1) is 6.92 Å². The van der Waals surface area contributed by atoms with Gasteiger partial charge in [0.15, 0.2) is 5.96 Å². The van der Waals surface area contributed by atoms with E-state index in [9.17, 15) is 0 Å². The minimum atomic E-state index is 0.745. The Labute approximate surface area is 148 Å². The average molecular weight is 347 g/mol. The molecule has 5 nitrogen and oxygen atoms in total. The van der Waals surface area contributed by atoms with Gasteiger partial charge in [0.1, 0.15) is 5.75 Å². The number of aromatic nitrogens is 1. The summed E-state index contributed by atoms with van der Waals surface area (Å²) in [6.07, 6.45) is 2.03. The molecule has 0 radical (unpaired) electrons. The smallest absolute Gasteiger partial charge is 0.193 e. The molecule has 1 N–H and O–H groups in total. The summed E-state index contributed by atoms with van der Waals surface area (Å²) >= 11 is 1.73. The van der Waals surface area contributed by atoms with Gasteiger partial charge in [-0.2, -0.15) is 0 Å². The summed E-state index contributed by atoms with van der Waals surface area (Å²) in [6, 6.07) is 8.07. The van der Waals surface area contributed by atoms with E-state index in [1.165, 1.54) is 5.01 Å². The van der Waals surface area contributed by atoms with Crippen LogP contribution < -0.4 is 10.1 Å². The first-order valence-electron chi connectivity index (χ1n) is 8.08. The van der Waals surface area contributed by atoms with Gasteiger partial charge in [0, 0.05) is 50.2 Å². The Balaban J connectivity index is 1.82. The maximum atomic E-state index is 5.42. The fourth-order valence-corrected chi connectivity index (χ4v) is 3.32. The normalized spacial score (nSPS) is 11.4. The van der Waals surface area contributed by atoms with Crippen LogP contribution in [0.2, 0.25) is 0 Å². The molecular weight excluding hydrogens is 320 g/mol. The van der Waals surface area contributed by atoms with Gasteiger partial charge in [0.25, 0.3) is 0 Å². The standard InChI is InChI=1S/C18H26N4OS/c1-14-13-24-17(21-14)10-7-11-20-18(19-2)22(3)12-15-8-5-6-9-16(15)23-4/h5-6,8-9,13H,7,10-12H2,1-4H3,(H,19,20).